The molecule has 0 aromatic carbocycles. The number of carbonyl (C=O) groups is 2. The van der Waals surface area contributed by atoms with Gasteiger partial charge in [0.2, 0.25) is 11.8 Å². The Bertz CT molecular complexity index is 373. The van der Waals surface area contributed by atoms with E-state index in [1.165, 1.54) is 0 Å². The molecule has 3 fully saturated rings. The summed E-state index contributed by atoms with van der Waals surface area (Å²) in [6.07, 6.45) is 0. The van der Waals surface area contributed by atoms with Crippen LogP contribution in [0.5, 0.6) is 0 Å². The van der Waals surface area contributed by atoms with Crippen molar-refractivity contribution in [1.29, 1.82) is 0 Å². The number of ether oxygens (including phenoxy) is 1. The van der Waals surface area contributed by atoms with Gasteiger partial charge in [-0.25, -0.2) is 0 Å². The van der Waals surface area contributed by atoms with Crippen molar-refractivity contribution in [2.45, 2.75) is 6.04 Å². The number of hydrogen-bond donors (Lipinski definition) is 0. The highest BCUT2D eigenvalue weighted by Crippen LogP contribution is 2.25. The van der Waals surface area contributed by atoms with Crippen LogP contribution < -0.4 is 0 Å². The summed E-state index contributed by atoms with van der Waals surface area (Å²) in [5.41, 5.74) is 0. The summed E-state index contributed by atoms with van der Waals surface area (Å²) in [6.45, 7) is 5.10. The molecule has 7 heteroatoms. The first-order valence-electron chi connectivity index (χ1n) is 6.72. The zero-order chi connectivity index (χ0) is 13.2. The van der Waals surface area contributed by atoms with Gasteiger partial charge in [-0.15, -0.1) is 11.8 Å². The van der Waals surface area contributed by atoms with Crippen LogP contribution in [-0.2, 0) is 14.3 Å². The number of carbonyl (C=O) groups excluding carboxylic acids is 2. The lowest BCUT2D eigenvalue weighted by Gasteiger charge is -2.37. The molecular formula is C12H19N3O3S. The van der Waals surface area contributed by atoms with E-state index in [1.54, 1.807) is 21.6 Å². The van der Waals surface area contributed by atoms with Crippen molar-refractivity contribution in [3.8, 4) is 0 Å². The normalized spacial score (nSPS) is 28.9. The van der Waals surface area contributed by atoms with E-state index in [0.29, 0.717) is 12.4 Å². The van der Waals surface area contributed by atoms with Gasteiger partial charge in [0.05, 0.1) is 25.6 Å². The molecule has 0 aliphatic carbocycles. The first-order valence-corrected chi connectivity index (χ1v) is 7.87. The second kappa shape index (κ2) is 5.68. The number of amides is 2. The lowest BCUT2D eigenvalue weighted by Crippen LogP contribution is -2.59. The van der Waals surface area contributed by atoms with Crippen LogP contribution in [0.2, 0.25) is 0 Å². The average Bonchev–Trinajstić information content (AvgIpc) is 2.92. The predicted molar refractivity (Wildman–Crippen MR) is 71.8 cm³/mol. The Labute approximate surface area is 117 Å². The first-order chi connectivity index (χ1) is 9.25. The van der Waals surface area contributed by atoms with Gasteiger partial charge in [0.25, 0.3) is 0 Å². The maximum Gasteiger partial charge on any atom is 0.246 e. The molecule has 3 rings (SSSR count). The number of nitrogens with zero attached hydrogens (tertiary/aromatic N) is 3. The third-order valence-electron chi connectivity index (χ3n) is 3.92. The molecule has 19 heavy (non-hydrogen) atoms. The van der Waals surface area contributed by atoms with Crippen molar-refractivity contribution < 1.29 is 14.3 Å². The van der Waals surface area contributed by atoms with Crippen molar-refractivity contribution in [1.82, 2.24) is 14.7 Å². The monoisotopic (exact) mass is 285 g/mol. The molecule has 3 saturated heterocycles. The van der Waals surface area contributed by atoms with E-state index >= 15 is 0 Å². The van der Waals surface area contributed by atoms with E-state index in [4.69, 9.17) is 4.74 Å². The Hall–Kier alpha value is -0.790. The molecule has 3 aliphatic heterocycles. The van der Waals surface area contributed by atoms with Crippen molar-refractivity contribution >= 4 is 23.6 Å². The molecule has 6 nitrogen and oxygen atoms in total. The maximum atomic E-state index is 12.3. The largest absolute Gasteiger partial charge is 0.379 e. The lowest BCUT2D eigenvalue weighted by atomic mass is 10.2. The molecule has 0 aromatic rings. The Morgan fingerprint density at radius 3 is 2.79 bits per heavy atom. The van der Waals surface area contributed by atoms with E-state index in [9.17, 15) is 9.59 Å². The first kappa shape index (κ1) is 13.2. The Morgan fingerprint density at radius 2 is 2.00 bits per heavy atom. The third kappa shape index (κ3) is 2.73. The van der Waals surface area contributed by atoms with Gasteiger partial charge in [-0.2, -0.15) is 0 Å². The molecule has 0 N–H and O–H groups in total. The van der Waals surface area contributed by atoms with Gasteiger partial charge in [-0.3, -0.25) is 14.5 Å². The van der Waals surface area contributed by atoms with Crippen LogP contribution in [0.15, 0.2) is 0 Å². The number of fused-ring (bicyclic) bond motifs is 1. The molecule has 3 aliphatic rings. The number of hydrogen-bond acceptors (Lipinski definition) is 5. The van der Waals surface area contributed by atoms with Crippen molar-refractivity contribution in [2.75, 3.05) is 57.6 Å². The SMILES string of the molecule is O=C1[C@@H]2CSCN2C(=O)CN1CCN1CCOCC1. The van der Waals surface area contributed by atoms with Gasteiger partial charge in [0.15, 0.2) is 0 Å². The maximum absolute atomic E-state index is 12.3. The Kier molecular flexibility index (Phi) is 3.95. The van der Waals surface area contributed by atoms with Crippen LogP contribution in [0.25, 0.3) is 0 Å². The smallest absolute Gasteiger partial charge is 0.246 e. The van der Waals surface area contributed by atoms with Gasteiger partial charge in [-0.1, -0.05) is 0 Å². The fourth-order valence-corrected chi connectivity index (χ4v) is 3.88. The van der Waals surface area contributed by atoms with E-state index in [2.05, 4.69) is 4.90 Å². The zero-order valence-corrected chi connectivity index (χ0v) is 11.7. The molecule has 0 saturated carbocycles. The van der Waals surface area contributed by atoms with Crippen LogP contribution in [0, 0.1) is 0 Å². The van der Waals surface area contributed by atoms with Gasteiger partial charge < -0.3 is 14.5 Å². The highest BCUT2D eigenvalue weighted by Gasteiger charge is 2.42. The predicted octanol–water partition coefficient (Wildman–Crippen LogP) is -0.938. The molecule has 0 radical (unpaired) electrons. The molecule has 0 spiro atoms. The summed E-state index contributed by atoms with van der Waals surface area (Å²) < 4.78 is 5.30. The molecule has 3 heterocycles. The topological polar surface area (TPSA) is 53.1 Å². The Morgan fingerprint density at radius 1 is 1.21 bits per heavy atom. The van der Waals surface area contributed by atoms with Crippen LogP contribution in [0.3, 0.4) is 0 Å². The highest BCUT2D eigenvalue weighted by molar-refractivity contribution is 7.99. The fourth-order valence-electron chi connectivity index (χ4n) is 2.71. The van der Waals surface area contributed by atoms with Crippen molar-refractivity contribution in [3.63, 3.8) is 0 Å². The minimum Gasteiger partial charge on any atom is -0.379 e. The van der Waals surface area contributed by atoms with Crippen LogP contribution in [-0.4, -0.2) is 90.1 Å². The van der Waals surface area contributed by atoms with E-state index in [-0.39, 0.29) is 24.4 Å². The molecular weight excluding hydrogens is 266 g/mol. The number of rotatable bonds is 3. The standard InChI is InChI=1S/C12H19N3O3S/c16-11-7-14(2-1-13-3-5-18-6-4-13)12(17)10-8-19-9-15(10)11/h10H,1-9H2/t10-/m0/s1. The highest BCUT2D eigenvalue weighted by atomic mass is 32.2. The van der Waals surface area contributed by atoms with Gasteiger partial charge in [0.1, 0.15) is 6.04 Å². The third-order valence-corrected chi connectivity index (χ3v) is 4.93. The van der Waals surface area contributed by atoms with Crippen LogP contribution in [0.1, 0.15) is 0 Å². The molecule has 0 bridgehead atoms. The summed E-state index contributed by atoms with van der Waals surface area (Å²) in [5, 5.41) is 0. The molecule has 0 unspecified atom stereocenters. The number of thioether (sulfide) groups is 1. The summed E-state index contributed by atoms with van der Waals surface area (Å²) in [5.74, 6) is 1.64. The van der Waals surface area contributed by atoms with E-state index < -0.39 is 0 Å². The minimum atomic E-state index is -0.212. The quantitative estimate of drug-likeness (QED) is 0.670. The molecule has 2 amide bonds. The van der Waals surface area contributed by atoms with E-state index in [1.807, 2.05) is 0 Å². The summed E-state index contributed by atoms with van der Waals surface area (Å²) >= 11 is 1.67. The van der Waals surface area contributed by atoms with Gasteiger partial charge in [0, 0.05) is 31.9 Å². The fraction of sp³-hybridized carbons (Fsp3) is 0.833. The lowest BCUT2D eigenvalue weighted by molar-refractivity contribution is -0.153. The summed E-state index contributed by atoms with van der Waals surface area (Å²) in [7, 11) is 0. The minimum absolute atomic E-state index is 0.0941. The molecule has 1 atom stereocenters. The zero-order valence-electron chi connectivity index (χ0n) is 10.9. The second-order valence-corrected chi connectivity index (χ2v) is 6.09. The second-order valence-electron chi connectivity index (χ2n) is 5.09. The number of piperazine rings is 1. The van der Waals surface area contributed by atoms with Crippen LogP contribution in [0.4, 0.5) is 0 Å². The van der Waals surface area contributed by atoms with Gasteiger partial charge >= 0.3 is 0 Å². The summed E-state index contributed by atoms with van der Waals surface area (Å²) in [4.78, 5) is 30.0. The van der Waals surface area contributed by atoms with Crippen molar-refractivity contribution in [2.24, 2.45) is 0 Å². The van der Waals surface area contributed by atoms with Crippen LogP contribution >= 0.6 is 11.8 Å². The number of morpholine rings is 1. The summed E-state index contributed by atoms with van der Waals surface area (Å²) in [6, 6.07) is -0.212. The average molecular weight is 285 g/mol. The van der Waals surface area contributed by atoms with Crippen molar-refractivity contribution in [3.05, 3.63) is 0 Å². The molecule has 106 valence electrons. The Balaban J connectivity index is 1.55. The van der Waals surface area contributed by atoms with E-state index in [0.717, 1.165) is 38.6 Å². The van der Waals surface area contributed by atoms with Gasteiger partial charge in [-0.05, 0) is 0 Å². The molecule has 0 aromatic heterocycles.